The minimum atomic E-state index is -0.476. The van der Waals surface area contributed by atoms with Gasteiger partial charge in [-0.3, -0.25) is 0 Å². The molecule has 53 valence electrons. The van der Waals surface area contributed by atoms with E-state index in [1.54, 1.807) is 0 Å². The molecule has 0 aromatic heterocycles. The number of nitrogen functional groups attached to an aromatic ring is 1. The molecule has 0 aliphatic rings. The van der Waals surface area contributed by atoms with E-state index in [-0.39, 0.29) is 5.69 Å². The summed E-state index contributed by atoms with van der Waals surface area (Å²) in [6, 6.07) is 5.17. The Morgan fingerprint density at radius 2 is 2.40 bits per heavy atom. The first kappa shape index (κ1) is 6.86. The summed E-state index contributed by atoms with van der Waals surface area (Å²) in [5, 5.41) is 0. The molecule has 1 radical (unpaired) electrons. The minimum Gasteiger partial charge on any atom is -0.496 e. The topological polar surface area (TPSA) is 35.2 Å². The maximum absolute atomic E-state index is 12.5. The fourth-order valence-corrected chi connectivity index (χ4v) is 0.576. The van der Waals surface area contributed by atoms with Crippen molar-refractivity contribution in [1.82, 2.24) is 0 Å². The summed E-state index contributed by atoms with van der Waals surface area (Å²) in [4.78, 5) is 0. The molecule has 0 saturated heterocycles. The van der Waals surface area contributed by atoms with Crippen molar-refractivity contribution in [3.05, 3.63) is 24.0 Å². The standard InChI is InChI=1S/C7H7FNO/c1-10-5-2-3-7(9)6(8)4-5/h3-4H,9H2,1H3. The highest BCUT2D eigenvalue weighted by Gasteiger charge is 1.98. The highest BCUT2D eigenvalue weighted by Crippen LogP contribution is 2.16. The Morgan fingerprint density at radius 1 is 1.70 bits per heavy atom. The van der Waals surface area contributed by atoms with Crippen molar-refractivity contribution in [3.8, 4) is 5.75 Å². The molecular formula is C7H7FNO. The lowest BCUT2D eigenvalue weighted by Crippen LogP contribution is -1.91. The Balaban J connectivity index is 3.04. The van der Waals surface area contributed by atoms with Gasteiger partial charge in [0.1, 0.15) is 11.6 Å². The van der Waals surface area contributed by atoms with E-state index >= 15 is 0 Å². The van der Waals surface area contributed by atoms with Crippen LogP contribution in [0.4, 0.5) is 10.1 Å². The van der Waals surface area contributed by atoms with Gasteiger partial charge in [0.05, 0.1) is 12.8 Å². The third-order valence-corrected chi connectivity index (χ3v) is 1.12. The summed E-state index contributed by atoms with van der Waals surface area (Å²) >= 11 is 0. The zero-order valence-corrected chi connectivity index (χ0v) is 5.52. The summed E-state index contributed by atoms with van der Waals surface area (Å²) in [5.74, 6) is -0.123. The maximum atomic E-state index is 12.5. The van der Waals surface area contributed by atoms with Crippen molar-refractivity contribution >= 4 is 5.69 Å². The third-order valence-electron chi connectivity index (χ3n) is 1.12. The Bertz CT molecular complexity index is 237. The number of ether oxygens (including phenoxy) is 1. The fourth-order valence-electron chi connectivity index (χ4n) is 0.576. The molecule has 1 aromatic rings. The van der Waals surface area contributed by atoms with Crippen molar-refractivity contribution < 1.29 is 9.13 Å². The van der Waals surface area contributed by atoms with Crippen molar-refractivity contribution in [1.29, 1.82) is 0 Å². The molecule has 0 saturated carbocycles. The monoisotopic (exact) mass is 140 g/mol. The normalized spacial score (nSPS) is 9.40. The van der Waals surface area contributed by atoms with E-state index in [0.717, 1.165) is 0 Å². The lowest BCUT2D eigenvalue weighted by atomic mass is 10.3. The molecule has 0 heterocycles. The largest absolute Gasteiger partial charge is 0.496 e. The van der Waals surface area contributed by atoms with E-state index in [0.29, 0.717) is 5.75 Å². The number of anilines is 1. The van der Waals surface area contributed by atoms with Crippen molar-refractivity contribution in [2.24, 2.45) is 0 Å². The first-order valence-electron chi connectivity index (χ1n) is 2.74. The second-order valence-electron chi connectivity index (χ2n) is 1.80. The summed E-state index contributed by atoms with van der Waals surface area (Å²) in [6.45, 7) is 0. The molecule has 1 aromatic carbocycles. The van der Waals surface area contributed by atoms with Gasteiger partial charge in [0.15, 0.2) is 0 Å². The second-order valence-corrected chi connectivity index (χ2v) is 1.80. The Labute approximate surface area is 58.4 Å². The molecule has 10 heavy (non-hydrogen) atoms. The van der Waals surface area contributed by atoms with Gasteiger partial charge in [-0.2, -0.15) is 0 Å². The Hall–Kier alpha value is -1.25. The van der Waals surface area contributed by atoms with E-state index < -0.39 is 5.82 Å². The van der Waals surface area contributed by atoms with Gasteiger partial charge in [-0.1, -0.05) is 0 Å². The quantitative estimate of drug-likeness (QED) is 0.595. The van der Waals surface area contributed by atoms with Crippen molar-refractivity contribution in [2.75, 3.05) is 12.8 Å². The predicted octanol–water partition coefficient (Wildman–Crippen LogP) is 1.22. The number of hydrogen-bond donors (Lipinski definition) is 1. The van der Waals surface area contributed by atoms with Crippen LogP contribution in [-0.4, -0.2) is 7.11 Å². The number of rotatable bonds is 1. The van der Waals surface area contributed by atoms with E-state index in [2.05, 4.69) is 6.07 Å². The fraction of sp³-hybridized carbons (Fsp3) is 0.143. The van der Waals surface area contributed by atoms with Crippen LogP contribution in [0.5, 0.6) is 5.75 Å². The predicted molar refractivity (Wildman–Crippen MR) is 36.2 cm³/mol. The molecule has 0 atom stereocenters. The molecule has 3 heteroatoms. The number of benzene rings is 1. The van der Waals surface area contributed by atoms with Crippen molar-refractivity contribution in [3.63, 3.8) is 0 Å². The van der Waals surface area contributed by atoms with Crippen LogP contribution in [0.2, 0.25) is 0 Å². The number of methoxy groups -OCH3 is 1. The van der Waals surface area contributed by atoms with Crippen LogP contribution in [0.15, 0.2) is 12.1 Å². The van der Waals surface area contributed by atoms with Gasteiger partial charge < -0.3 is 10.5 Å². The smallest absolute Gasteiger partial charge is 0.149 e. The molecule has 2 nitrogen and oxygen atoms in total. The zero-order valence-electron chi connectivity index (χ0n) is 5.52. The van der Waals surface area contributed by atoms with Crippen LogP contribution in [0.1, 0.15) is 0 Å². The van der Waals surface area contributed by atoms with Gasteiger partial charge in [-0.25, -0.2) is 4.39 Å². The van der Waals surface area contributed by atoms with Gasteiger partial charge in [0, 0.05) is 12.1 Å². The zero-order chi connectivity index (χ0) is 7.56. The van der Waals surface area contributed by atoms with E-state index in [1.807, 2.05) is 0 Å². The van der Waals surface area contributed by atoms with Crippen LogP contribution in [-0.2, 0) is 0 Å². The molecule has 1 rings (SSSR count). The van der Waals surface area contributed by atoms with E-state index in [9.17, 15) is 4.39 Å². The van der Waals surface area contributed by atoms with Crippen LogP contribution >= 0.6 is 0 Å². The van der Waals surface area contributed by atoms with Gasteiger partial charge in [0.2, 0.25) is 0 Å². The van der Waals surface area contributed by atoms with Gasteiger partial charge in [-0.15, -0.1) is 0 Å². The molecule has 0 unspecified atom stereocenters. The highest BCUT2D eigenvalue weighted by atomic mass is 19.1. The Morgan fingerprint density at radius 3 is 2.90 bits per heavy atom. The van der Waals surface area contributed by atoms with Gasteiger partial charge >= 0.3 is 0 Å². The first-order chi connectivity index (χ1) is 4.74. The lowest BCUT2D eigenvalue weighted by Gasteiger charge is -1.99. The average Bonchev–Trinajstić information content (AvgIpc) is 1.95. The molecule has 2 N–H and O–H groups in total. The van der Waals surface area contributed by atoms with Crippen LogP contribution < -0.4 is 10.5 Å². The van der Waals surface area contributed by atoms with E-state index in [1.165, 1.54) is 19.2 Å². The second kappa shape index (κ2) is 2.56. The molecular weight excluding hydrogens is 133 g/mol. The molecule has 0 aliphatic carbocycles. The third kappa shape index (κ3) is 1.18. The molecule has 0 amide bonds. The minimum absolute atomic E-state index is 0.0841. The van der Waals surface area contributed by atoms with E-state index in [4.69, 9.17) is 10.5 Å². The van der Waals surface area contributed by atoms with Crippen LogP contribution in [0, 0.1) is 11.9 Å². The average molecular weight is 140 g/mol. The molecule has 0 bridgehead atoms. The lowest BCUT2D eigenvalue weighted by molar-refractivity contribution is 0.410. The Kier molecular flexibility index (Phi) is 1.76. The summed E-state index contributed by atoms with van der Waals surface area (Å²) in [5.41, 5.74) is 5.27. The summed E-state index contributed by atoms with van der Waals surface area (Å²) in [6.07, 6.45) is 0. The number of hydrogen-bond acceptors (Lipinski definition) is 2. The molecule has 0 fully saturated rings. The molecule has 0 aliphatic heterocycles. The first-order valence-corrected chi connectivity index (χ1v) is 2.74. The van der Waals surface area contributed by atoms with Crippen LogP contribution in [0.25, 0.3) is 0 Å². The SMILES string of the molecule is COc1[c]cc(N)c(F)c1. The number of nitrogens with two attached hydrogens (primary N) is 1. The van der Waals surface area contributed by atoms with Crippen LogP contribution in [0.3, 0.4) is 0 Å². The van der Waals surface area contributed by atoms with Gasteiger partial charge in [-0.05, 0) is 6.07 Å². The van der Waals surface area contributed by atoms with Crippen molar-refractivity contribution in [2.45, 2.75) is 0 Å². The number of halogens is 1. The van der Waals surface area contributed by atoms with Gasteiger partial charge in [0.25, 0.3) is 0 Å². The molecule has 0 spiro atoms. The maximum Gasteiger partial charge on any atom is 0.149 e. The summed E-state index contributed by atoms with van der Waals surface area (Å²) in [7, 11) is 1.45. The summed E-state index contributed by atoms with van der Waals surface area (Å²) < 4.78 is 17.2. The highest BCUT2D eigenvalue weighted by molar-refractivity contribution is 5.42.